The van der Waals surface area contributed by atoms with Gasteiger partial charge < -0.3 is 13.9 Å². The van der Waals surface area contributed by atoms with E-state index in [-0.39, 0.29) is 11.3 Å². The second-order valence-electron chi connectivity index (χ2n) is 2.37. The standard InChI is InChI=1S/C8H9BrO4/c1-5-3-6(12-4-11-2)7(9)8(10)13-5/h3H,4H2,1-2H3. The highest BCUT2D eigenvalue weighted by molar-refractivity contribution is 9.10. The average molecular weight is 249 g/mol. The van der Waals surface area contributed by atoms with Crippen molar-refractivity contribution in [2.45, 2.75) is 6.92 Å². The molecule has 0 atom stereocenters. The third kappa shape index (κ3) is 2.57. The first-order chi connectivity index (χ1) is 6.15. The van der Waals surface area contributed by atoms with Gasteiger partial charge >= 0.3 is 5.63 Å². The van der Waals surface area contributed by atoms with Gasteiger partial charge in [0.05, 0.1) is 0 Å². The van der Waals surface area contributed by atoms with Gasteiger partial charge in [0.2, 0.25) is 0 Å². The molecule has 0 spiro atoms. The van der Waals surface area contributed by atoms with E-state index in [0.29, 0.717) is 11.5 Å². The number of rotatable bonds is 3. The van der Waals surface area contributed by atoms with Crippen LogP contribution in [0.2, 0.25) is 0 Å². The minimum atomic E-state index is -0.453. The minimum absolute atomic E-state index is 0.0987. The van der Waals surface area contributed by atoms with Crippen molar-refractivity contribution in [1.29, 1.82) is 0 Å². The van der Waals surface area contributed by atoms with Crippen LogP contribution in [-0.4, -0.2) is 13.9 Å². The van der Waals surface area contributed by atoms with E-state index in [4.69, 9.17) is 13.9 Å². The van der Waals surface area contributed by atoms with E-state index >= 15 is 0 Å². The Bertz CT molecular complexity index is 344. The van der Waals surface area contributed by atoms with Crippen LogP contribution >= 0.6 is 15.9 Å². The molecule has 0 aliphatic rings. The summed E-state index contributed by atoms with van der Waals surface area (Å²) in [5.74, 6) is 0.926. The van der Waals surface area contributed by atoms with E-state index in [1.165, 1.54) is 7.11 Å². The minimum Gasteiger partial charge on any atom is -0.466 e. The highest BCUT2D eigenvalue weighted by Crippen LogP contribution is 2.21. The van der Waals surface area contributed by atoms with Crippen molar-refractivity contribution in [2.75, 3.05) is 13.9 Å². The van der Waals surface area contributed by atoms with Crippen molar-refractivity contribution < 1.29 is 13.9 Å². The molecule has 1 aromatic heterocycles. The molecule has 0 fully saturated rings. The zero-order valence-electron chi connectivity index (χ0n) is 7.30. The summed E-state index contributed by atoms with van der Waals surface area (Å²) in [7, 11) is 1.51. The number of ether oxygens (including phenoxy) is 2. The lowest BCUT2D eigenvalue weighted by atomic mass is 10.4. The molecule has 1 rings (SSSR count). The van der Waals surface area contributed by atoms with Gasteiger partial charge in [-0.3, -0.25) is 0 Å². The summed E-state index contributed by atoms with van der Waals surface area (Å²) < 4.78 is 14.9. The van der Waals surface area contributed by atoms with Gasteiger partial charge in [-0.2, -0.15) is 0 Å². The molecule has 5 heteroatoms. The summed E-state index contributed by atoms with van der Waals surface area (Å²) in [6.45, 7) is 1.77. The first-order valence-corrected chi connectivity index (χ1v) is 4.36. The van der Waals surface area contributed by atoms with E-state index in [9.17, 15) is 4.79 Å². The van der Waals surface area contributed by atoms with Gasteiger partial charge in [0.1, 0.15) is 16.0 Å². The summed E-state index contributed by atoms with van der Waals surface area (Å²) >= 11 is 3.06. The average Bonchev–Trinajstić information content (AvgIpc) is 2.09. The van der Waals surface area contributed by atoms with Crippen LogP contribution in [0, 0.1) is 6.92 Å². The molecule has 0 aliphatic carbocycles. The van der Waals surface area contributed by atoms with Gasteiger partial charge in [-0.15, -0.1) is 0 Å². The van der Waals surface area contributed by atoms with Crippen molar-refractivity contribution in [1.82, 2.24) is 0 Å². The molecule has 0 unspecified atom stereocenters. The highest BCUT2D eigenvalue weighted by Gasteiger charge is 2.07. The molecule has 0 amide bonds. The Morgan fingerprint density at radius 1 is 1.62 bits per heavy atom. The smallest absolute Gasteiger partial charge is 0.354 e. The molecule has 0 aliphatic heterocycles. The predicted octanol–water partition coefficient (Wildman–Crippen LogP) is 1.69. The SMILES string of the molecule is COCOc1cc(C)oc(=O)c1Br. The normalized spacial score (nSPS) is 10.1. The molecular weight excluding hydrogens is 240 g/mol. The van der Waals surface area contributed by atoms with Gasteiger partial charge in [0.15, 0.2) is 6.79 Å². The summed E-state index contributed by atoms with van der Waals surface area (Å²) in [5.41, 5.74) is -0.453. The van der Waals surface area contributed by atoms with Crippen molar-refractivity contribution in [3.63, 3.8) is 0 Å². The third-order valence-corrected chi connectivity index (χ3v) is 2.03. The quantitative estimate of drug-likeness (QED) is 0.765. The van der Waals surface area contributed by atoms with E-state index in [0.717, 1.165) is 0 Å². The molecule has 0 radical (unpaired) electrons. The van der Waals surface area contributed by atoms with E-state index in [2.05, 4.69) is 15.9 Å². The van der Waals surface area contributed by atoms with Crippen LogP contribution in [0.25, 0.3) is 0 Å². The number of hydrogen-bond donors (Lipinski definition) is 0. The van der Waals surface area contributed by atoms with Crippen molar-refractivity contribution >= 4 is 15.9 Å². The van der Waals surface area contributed by atoms with Gasteiger partial charge in [-0.1, -0.05) is 0 Å². The largest absolute Gasteiger partial charge is 0.466 e. The number of aryl methyl sites for hydroxylation is 1. The van der Waals surface area contributed by atoms with E-state index in [1.807, 2.05) is 0 Å². The van der Waals surface area contributed by atoms with E-state index < -0.39 is 5.63 Å². The highest BCUT2D eigenvalue weighted by atomic mass is 79.9. The van der Waals surface area contributed by atoms with Gasteiger partial charge in [-0.05, 0) is 22.9 Å². The summed E-state index contributed by atoms with van der Waals surface area (Å²) in [4.78, 5) is 11.1. The molecule has 0 bridgehead atoms. The maximum atomic E-state index is 11.1. The van der Waals surface area contributed by atoms with Crippen LogP contribution in [-0.2, 0) is 4.74 Å². The molecule has 0 saturated carbocycles. The molecule has 1 heterocycles. The third-order valence-electron chi connectivity index (χ3n) is 1.32. The fraction of sp³-hybridized carbons (Fsp3) is 0.375. The Kier molecular flexibility index (Phi) is 3.50. The van der Waals surface area contributed by atoms with Crippen LogP contribution < -0.4 is 10.4 Å². The molecule has 0 N–H and O–H groups in total. The zero-order valence-corrected chi connectivity index (χ0v) is 8.88. The fourth-order valence-corrected chi connectivity index (χ4v) is 1.11. The fourth-order valence-electron chi connectivity index (χ4n) is 0.796. The first kappa shape index (κ1) is 10.3. The van der Waals surface area contributed by atoms with Crippen LogP contribution in [0.4, 0.5) is 0 Å². The van der Waals surface area contributed by atoms with Gasteiger partial charge in [0.25, 0.3) is 0 Å². The van der Waals surface area contributed by atoms with Crippen LogP contribution in [0.5, 0.6) is 5.75 Å². The lowest BCUT2D eigenvalue weighted by Crippen LogP contribution is -2.06. The number of methoxy groups -OCH3 is 1. The maximum absolute atomic E-state index is 11.1. The molecule has 0 aromatic carbocycles. The Morgan fingerprint density at radius 2 is 2.31 bits per heavy atom. The second-order valence-corrected chi connectivity index (χ2v) is 3.17. The Labute approximate surface area is 83.6 Å². The summed E-state index contributed by atoms with van der Waals surface area (Å²) in [5, 5.41) is 0. The Balaban J connectivity index is 2.99. The number of hydrogen-bond acceptors (Lipinski definition) is 4. The van der Waals surface area contributed by atoms with Crippen LogP contribution in [0.1, 0.15) is 5.76 Å². The summed E-state index contributed by atoms with van der Waals surface area (Å²) in [6.07, 6.45) is 0. The molecule has 0 saturated heterocycles. The predicted molar refractivity (Wildman–Crippen MR) is 49.9 cm³/mol. The molecule has 13 heavy (non-hydrogen) atoms. The zero-order chi connectivity index (χ0) is 9.84. The molecule has 1 aromatic rings. The molecule has 72 valence electrons. The molecule has 4 nitrogen and oxygen atoms in total. The monoisotopic (exact) mass is 248 g/mol. The lowest BCUT2D eigenvalue weighted by molar-refractivity contribution is 0.0499. The lowest BCUT2D eigenvalue weighted by Gasteiger charge is -2.05. The maximum Gasteiger partial charge on any atom is 0.354 e. The van der Waals surface area contributed by atoms with Crippen molar-refractivity contribution in [2.24, 2.45) is 0 Å². The number of halogens is 1. The van der Waals surface area contributed by atoms with Crippen molar-refractivity contribution in [3.8, 4) is 5.75 Å². The second kappa shape index (κ2) is 4.43. The van der Waals surface area contributed by atoms with Gasteiger partial charge in [0, 0.05) is 13.2 Å². The van der Waals surface area contributed by atoms with Crippen LogP contribution in [0.15, 0.2) is 19.8 Å². The van der Waals surface area contributed by atoms with Crippen molar-refractivity contribution in [3.05, 3.63) is 26.7 Å². The summed E-state index contributed by atoms with van der Waals surface area (Å²) in [6, 6.07) is 1.62. The van der Waals surface area contributed by atoms with Gasteiger partial charge in [-0.25, -0.2) is 4.79 Å². The molecular formula is C8H9BrO4. The topological polar surface area (TPSA) is 48.7 Å². The Morgan fingerprint density at radius 3 is 2.92 bits per heavy atom. The first-order valence-electron chi connectivity index (χ1n) is 3.57. The Hall–Kier alpha value is -0.810. The van der Waals surface area contributed by atoms with Crippen LogP contribution in [0.3, 0.4) is 0 Å². The van der Waals surface area contributed by atoms with E-state index in [1.54, 1.807) is 13.0 Å².